The van der Waals surface area contributed by atoms with Crippen LogP contribution in [0.3, 0.4) is 0 Å². The van der Waals surface area contributed by atoms with Crippen LogP contribution in [0.1, 0.15) is 27.7 Å². The van der Waals surface area contributed by atoms with Crippen LogP contribution in [-0.4, -0.2) is 34.7 Å². The van der Waals surface area contributed by atoms with E-state index in [-0.39, 0.29) is 5.60 Å². The van der Waals surface area contributed by atoms with E-state index in [1.165, 1.54) is 0 Å². The fraction of sp³-hybridized carbons (Fsp3) is 0.643. The molecule has 0 aromatic carbocycles. The summed E-state index contributed by atoms with van der Waals surface area (Å²) >= 11 is 2.01. The summed E-state index contributed by atoms with van der Waals surface area (Å²) in [6.07, 6.45) is 0. The van der Waals surface area contributed by atoms with Crippen LogP contribution in [0.2, 0.25) is 0 Å². The van der Waals surface area contributed by atoms with Crippen LogP contribution in [0.25, 0.3) is 0 Å². The largest absolute Gasteiger partial charge is 0.470 e. The second-order valence-electron chi connectivity index (χ2n) is 5.91. The van der Waals surface area contributed by atoms with Crippen molar-refractivity contribution in [3.05, 3.63) is 12.1 Å². The van der Waals surface area contributed by atoms with Gasteiger partial charge in [0.2, 0.25) is 5.88 Å². The summed E-state index contributed by atoms with van der Waals surface area (Å²) in [4.78, 5) is 6.89. The van der Waals surface area contributed by atoms with Gasteiger partial charge in [0.25, 0.3) is 0 Å². The lowest BCUT2D eigenvalue weighted by molar-refractivity contribution is 0.125. The molecule has 2 N–H and O–H groups in total. The topological polar surface area (TPSA) is 51.4 Å². The summed E-state index contributed by atoms with van der Waals surface area (Å²) in [5.41, 5.74) is 6.25. The number of nitrogens with two attached hydrogens (primary N) is 1. The first kappa shape index (κ1) is 14.3. The van der Waals surface area contributed by atoms with E-state index in [4.69, 9.17) is 10.5 Å². The molecule has 1 aliphatic heterocycles. The molecule has 1 aromatic heterocycles. The third-order valence-electron chi connectivity index (χ3n) is 2.84. The van der Waals surface area contributed by atoms with Gasteiger partial charge in [-0.3, -0.25) is 0 Å². The molecule has 106 valence electrons. The minimum atomic E-state index is -0.287. The molecule has 0 aliphatic carbocycles. The van der Waals surface area contributed by atoms with Gasteiger partial charge >= 0.3 is 0 Å². The number of rotatable bonds is 2. The number of aromatic nitrogens is 1. The molecule has 4 nitrogen and oxygen atoms in total. The van der Waals surface area contributed by atoms with Gasteiger partial charge in [-0.2, -0.15) is 16.7 Å². The Morgan fingerprint density at radius 3 is 2.79 bits per heavy atom. The van der Waals surface area contributed by atoms with E-state index in [9.17, 15) is 0 Å². The van der Waals surface area contributed by atoms with Crippen molar-refractivity contribution in [1.29, 1.82) is 0 Å². The first-order chi connectivity index (χ1) is 8.85. The molecule has 1 unspecified atom stereocenters. The molecular formula is C14H23N3OS. The standard InChI is InChI=1S/C14H23N3OS/c1-10-9-17(7-8-19-10)12-6-5-11(15)13(16-12)18-14(2,3)4/h5-6,10H,7-9,15H2,1-4H3. The number of thioether (sulfide) groups is 1. The van der Waals surface area contributed by atoms with Crippen molar-refractivity contribution in [1.82, 2.24) is 4.98 Å². The highest BCUT2D eigenvalue weighted by Crippen LogP contribution is 2.28. The molecule has 5 heteroatoms. The van der Waals surface area contributed by atoms with Crippen molar-refractivity contribution < 1.29 is 4.74 Å². The molecule has 0 radical (unpaired) electrons. The highest BCUT2D eigenvalue weighted by atomic mass is 32.2. The fourth-order valence-electron chi connectivity index (χ4n) is 2.02. The van der Waals surface area contributed by atoms with Gasteiger partial charge in [-0.1, -0.05) is 6.92 Å². The molecule has 1 aromatic rings. The fourth-order valence-corrected chi connectivity index (χ4v) is 3.03. The Kier molecular flexibility index (Phi) is 4.13. The zero-order valence-electron chi connectivity index (χ0n) is 12.1. The maximum absolute atomic E-state index is 5.94. The molecule has 0 saturated carbocycles. The van der Waals surface area contributed by atoms with Crippen LogP contribution in [0.5, 0.6) is 5.88 Å². The summed E-state index contributed by atoms with van der Waals surface area (Å²) in [7, 11) is 0. The van der Waals surface area contributed by atoms with E-state index in [1.54, 1.807) is 0 Å². The summed E-state index contributed by atoms with van der Waals surface area (Å²) in [6, 6.07) is 3.86. The van der Waals surface area contributed by atoms with E-state index >= 15 is 0 Å². The van der Waals surface area contributed by atoms with E-state index in [2.05, 4.69) is 16.8 Å². The SMILES string of the molecule is CC1CN(c2ccc(N)c(OC(C)(C)C)n2)CCS1. The van der Waals surface area contributed by atoms with Gasteiger partial charge in [0.05, 0.1) is 5.69 Å². The molecular weight excluding hydrogens is 258 g/mol. The Labute approximate surface area is 119 Å². The maximum Gasteiger partial charge on any atom is 0.239 e. The zero-order chi connectivity index (χ0) is 14.0. The van der Waals surface area contributed by atoms with Gasteiger partial charge in [0.1, 0.15) is 11.4 Å². The Bertz CT molecular complexity index is 445. The Hall–Kier alpha value is -1.10. The predicted molar refractivity (Wildman–Crippen MR) is 83.2 cm³/mol. The van der Waals surface area contributed by atoms with Crippen molar-refractivity contribution in [2.24, 2.45) is 0 Å². The average Bonchev–Trinajstić information content (AvgIpc) is 2.30. The molecule has 1 atom stereocenters. The van der Waals surface area contributed by atoms with E-state index < -0.39 is 0 Å². The monoisotopic (exact) mass is 281 g/mol. The number of nitrogens with zero attached hydrogens (tertiary/aromatic N) is 2. The smallest absolute Gasteiger partial charge is 0.239 e. The van der Waals surface area contributed by atoms with Crippen molar-refractivity contribution in [2.75, 3.05) is 29.5 Å². The number of anilines is 2. The lowest BCUT2D eigenvalue weighted by atomic mass is 10.2. The summed E-state index contributed by atoms with van der Waals surface area (Å²) in [5, 5.41) is 0.639. The molecule has 2 heterocycles. The molecule has 1 aliphatic rings. The van der Waals surface area contributed by atoms with Gasteiger partial charge in [0, 0.05) is 24.1 Å². The molecule has 1 saturated heterocycles. The minimum absolute atomic E-state index is 0.287. The van der Waals surface area contributed by atoms with Crippen molar-refractivity contribution in [3.8, 4) is 5.88 Å². The number of nitrogen functional groups attached to an aromatic ring is 1. The van der Waals surface area contributed by atoms with E-state index in [0.717, 1.165) is 24.7 Å². The van der Waals surface area contributed by atoms with Gasteiger partial charge in [-0.15, -0.1) is 0 Å². The Morgan fingerprint density at radius 1 is 1.42 bits per heavy atom. The van der Waals surface area contributed by atoms with Crippen LogP contribution in [0.15, 0.2) is 12.1 Å². The van der Waals surface area contributed by atoms with Gasteiger partial charge in [0.15, 0.2) is 0 Å². The summed E-state index contributed by atoms with van der Waals surface area (Å²) in [6.45, 7) is 10.3. The van der Waals surface area contributed by atoms with Crippen molar-refractivity contribution in [3.63, 3.8) is 0 Å². The molecule has 0 amide bonds. The van der Waals surface area contributed by atoms with Crippen LogP contribution in [0.4, 0.5) is 11.5 Å². The summed E-state index contributed by atoms with van der Waals surface area (Å²) < 4.78 is 5.82. The Balaban J connectivity index is 2.20. The van der Waals surface area contributed by atoms with Gasteiger partial charge in [-0.25, -0.2) is 0 Å². The molecule has 2 rings (SSSR count). The third kappa shape index (κ3) is 3.93. The van der Waals surface area contributed by atoms with Crippen LogP contribution in [0, 0.1) is 0 Å². The molecule has 1 fully saturated rings. The highest BCUT2D eigenvalue weighted by Gasteiger charge is 2.20. The number of hydrogen-bond donors (Lipinski definition) is 1. The van der Waals surface area contributed by atoms with E-state index in [1.807, 2.05) is 44.7 Å². The summed E-state index contributed by atoms with van der Waals surface area (Å²) in [5.74, 6) is 2.64. The number of ether oxygens (including phenoxy) is 1. The van der Waals surface area contributed by atoms with Gasteiger partial charge < -0.3 is 15.4 Å². The molecule has 19 heavy (non-hydrogen) atoms. The van der Waals surface area contributed by atoms with Crippen LogP contribution in [-0.2, 0) is 0 Å². The van der Waals surface area contributed by atoms with Crippen molar-refractivity contribution in [2.45, 2.75) is 38.5 Å². The lowest BCUT2D eigenvalue weighted by Crippen LogP contribution is -2.37. The molecule has 0 spiro atoms. The first-order valence-electron chi connectivity index (χ1n) is 6.67. The lowest BCUT2D eigenvalue weighted by Gasteiger charge is -2.32. The number of pyridine rings is 1. The van der Waals surface area contributed by atoms with E-state index in [0.29, 0.717) is 16.8 Å². The highest BCUT2D eigenvalue weighted by molar-refractivity contribution is 8.00. The average molecular weight is 281 g/mol. The second-order valence-corrected chi connectivity index (χ2v) is 7.45. The Morgan fingerprint density at radius 2 is 2.16 bits per heavy atom. The maximum atomic E-state index is 5.94. The number of hydrogen-bond acceptors (Lipinski definition) is 5. The second kappa shape index (κ2) is 5.49. The van der Waals surface area contributed by atoms with Gasteiger partial charge in [-0.05, 0) is 32.9 Å². The van der Waals surface area contributed by atoms with Crippen molar-refractivity contribution >= 4 is 23.3 Å². The predicted octanol–water partition coefficient (Wildman–Crippen LogP) is 2.78. The quantitative estimate of drug-likeness (QED) is 0.903. The first-order valence-corrected chi connectivity index (χ1v) is 7.72. The third-order valence-corrected chi connectivity index (χ3v) is 3.98. The van der Waals surface area contributed by atoms with Crippen LogP contribution < -0.4 is 15.4 Å². The minimum Gasteiger partial charge on any atom is -0.470 e. The molecule has 0 bridgehead atoms. The zero-order valence-corrected chi connectivity index (χ0v) is 13.0. The van der Waals surface area contributed by atoms with Crippen LogP contribution >= 0.6 is 11.8 Å². The normalized spacial score (nSPS) is 20.4.